The molecule has 44 heavy (non-hydrogen) atoms. The van der Waals surface area contributed by atoms with E-state index in [1.54, 1.807) is 0 Å². The number of esters is 1. The van der Waals surface area contributed by atoms with Gasteiger partial charge in [0.15, 0.2) is 0 Å². The minimum atomic E-state index is -0.145. The topological polar surface area (TPSA) is 139 Å². The van der Waals surface area contributed by atoms with E-state index in [1.807, 2.05) is 0 Å². The van der Waals surface area contributed by atoms with Crippen LogP contribution < -0.4 is 0 Å². The quantitative estimate of drug-likeness (QED) is 0.0777. The molecule has 13 nitrogen and oxygen atoms in total. The summed E-state index contributed by atoms with van der Waals surface area (Å²) in [6.45, 7) is 12.1. The second kappa shape index (κ2) is 40.1. The summed E-state index contributed by atoms with van der Waals surface area (Å²) < 4.78 is 59.1. The Balaban J connectivity index is 3.09. The molecule has 0 aliphatic carbocycles. The molecule has 0 saturated heterocycles. The normalized spacial score (nSPS) is 11.4. The lowest BCUT2D eigenvalue weighted by atomic mass is 10.1. The van der Waals surface area contributed by atoms with Crippen LogP contribution in [0.3, 0.4) is 0 Å². The van der Waals surface area contributed by atoms with Gasteiger partial charge in [0.25, 0.3) is 0 Å². The van der Waals surface area contributed by atoms with Crippen LogP contribution in [-0.2, 0) is 56.9 Å². The van der Waals surface area contributed by atoms with Gasteiger partial charge in [-0.05, 0) is 6.42 Å². The van der Waals surface area contributed by atoms with Crippen LogP contribution >= 0.6 is 0 Å². The van der Waals surface area contributed by atoms with Gasteiger partial charge in [0.05, 0.1) is 139 Å². The summed E-state index contributed by atoms with van der Waals surface area (Å²) in [7, 11) is 0. The number of hydrogen-bond donors (Lipinski definition) is 1. The fraction of sp³-hybridized carbons (Fsp3) is 0.968. The average molecular weight is 643 g/mol. The smallest absolute Gasteiger partial charge is 0.305 e. The molecule has 0 spiro atoms. The van der Waals surface area contributed by atoms with Crippen LogP contribution in [0.25, 0.3) is 0 Å². The lowest BCUT2D eigenvalue weighted by Crippen LogP contribution is -2.15. The molecule has 0 unspecified atom stereocenters. The molecule has 0 aliphatic heterocycles. The van der Waals surface area contributed by atoms with Crippen LogP contribution in [0.4, 0.5) is 0 Å². The van der Waals surface area contributed by atoms with Gasteiger partial charge in [-0.1, -0.05) is 39.0 Å². The van der Waals surface area contributed by atoms with Crippen molar-refractivity contribution in [3.8, 4) is 0 Å². The molecule has 264 valence electrons. The highest BCUT2D eigenvalue weighted by Crippen LogP contribution is 2.07. The Kier molecular flexibility index (Phi) is 39.2. The van der Waals surface area contributed by atoms with E-state index in [2.05, 4.69) is 6.92 Å². The van der Waals surface area contributed by atoms with Crippen LogP contribution in [0.15, 0.2) is 0 Å². The van der Waals surface area contributed by atoms with Crippen molar-refractivity contribution in [2.75, 3.05) is 145 Å². The fourth-order valence-corrected chi connectivity index (χ4v) is 3.48. The van der Waals surface area contributed by atoms with Gasteiger partial charge in [0.2, 0.25) is 0 Å². The van der Waals surface area contributed by atoms with Crippen molar-refractivity contribution in [2.24, 2.45) is 0 Å². The number of unbranched alkanes of at least 4 members (excludes halogenated alkanes) is 5. The Morgan fingerprint density at radius 2 is 0.659 bits per heavy atom. The Bertz CT molecular complexity index is 543. The fourth-order valence-electron chi connectivity index (χ4n) is 3.48. The van der Waals surface area contributed by atoms with Gasteiger partial charge in [-0.2, -0.15) is 0 Å². The van der Waals surface area contributed by atoms with E-state index >= 15 is 0 Å². The number of carbonyl (C=O) groups excluding carboxylic acids is 1. The predicted octanol–water partition coefficient (Wildman–Crippen LogP) is 2.44. The molecule has 0 amide bonds. The first-order valence-electron chi connectivity index (χ1n) is 16.3. The molecule has 0 aliphatic rings. The van der Waals surface area contributed by atoms with Gasteiger partial charge < -0.3 is 57.2 Å². The van der Waals surface area contributed by atoms with Crippen molar-refractivity contribution in [3.63, 3.8) is 0 Å². The minimum absolute atomic E-state index is 0.0239. The van der Waals surface area contributed by atoms with Crippen LogP contribution in [0.5, 0.6) is 0 Å². The lowest BCUT2D eigenvalue weighted by Gasteiger charge is -2.09. The third kappa shape index (κ3) is 39.1. The van der Waals surface area contributed by atoms with Gasteiger partial charge in [-0.3, -0.25) is 4.79 Å². The maximum atomic E-state index is 11.6. The molecule has 0 saturated carbocycles. The second-order valence-electron chi connectivity index (χ2n) is 9.59. The van der Waals surface area contributed by atoms with E-state index in [-0.39, 0.29) is 19.2 Å². The van der Waals surface area contributed by atoms with Crippen molar-refractivity contribution >= 4 is 5.97 Å². The highest BCUT2D eigenvalue weighted by Gasteiger charge is 2.02. The lowest BCUT2D eigenvalue weighted by molar-refractivity contribution is -0.145. The zero-order chi connectivity index (χ0) is 31.9. The molecule has 0 aromatic heterocycles. The summed E-state index contributed by atoms with van der Waals surface area (Å²) in [4.78, 5) is 11.6. The predicted molar refractivity (Wildman–Crippen MR) is 164 cm³/mol. The molecule has 0 aromatic carbocycles. The van der Waals surface area contributed by atoms with Gasteiger partial charge in [-0.25, -0.2) is 0 Å². The van der Waals surface area contributed by atoms with Crippen molar-refractivity contribution < 1.29 is 62.0 Å². The van der Waals surface area contributed by atoms with Crippen molar-refractivity contribution in [2.45, 2.75) is 51.9 Å². The minimum Gasteiger partial charge on any atom is -0.463 e. The zero-order valence-corrected chi connectivity index (χ0v) is 27.4. The number of ether oxygens (including phenoxy) is 11. The van der Waals surface area contributed by atoms with Crippen LogP contribution in [0, 0.1) is 0 Å². The number of aliphatic hydroxyl groups is 1. The molecule has 0 heterocycles. The average Bonchev–Trinajstić information content (AvgIpc) is 3.03. The van der Waals surface area contributed by atoms with E-state index < -0.39 is 0 Å². The maximum Gasteiger partial charge on any atom is 0.305 e. The molecular formula is C31H62O13. The van der Waals surface area contributed by atoms with Crippen LogP contribution in [0.2, 0.25) is 0 Å². The molecule has 0 aromatic rings. The third-order valence-electron chi connectivity index (χ3n) is 5.81. The van der Waals surface area contributed by atoms with Gasteiger partial charge in [-0.15, -0.1) is 0 Å². The Labute approximate surface area is 265 Å². The van der Waals surface area contributed by atoms with E-state index in [4.69, 9.17) is 57.2 Å². The summed E-state index contributed by atoms with van der Waals surface area (Å²) in [5, 5.41) is 8.57. The number of rotatable bonds is 39. The first kappa shape index (κ1) is 43.0. The van der Waals surface area contributed by atoms with E-state index in [0.717, 1.165) is 12.8 Å². The largest absolute Gasteiger partial charge is 0.463 e. The SMILES string of the molecule is CCCCCCCCC(=O)OCCOCCOCCOCCOCCOCCOCCOCCOCCOCCOCCO. The van der Waals surface area contributed by atoms with Crippen molar-refractivity contribution in [1.29, 1.82) is 0 Å². The molecule has 1 N–H and O–H groups in total. The summed E-state index contributed by atoms with van der Waals surface area (Å²) in [5.41, 5.74) is 0. The van der Waals surface area contributed by atoms with E-state index in [0.29, 0.717) is 139 Å². The van der Waals surface area contributed by atoms with Gasteiger partial charge in [0.1, 0.15) is 6.61 Å². The van der Waals surface area contributed by atoms with E-state index in [1.165, 1.54) is 25.7 Å². The summed E-state index contributed by atoms with van der Waals surface area (Å²) in [6.07, 6.45) is 7.42. The summed E-state index contributed by atoms with van der Waals surface area (Å²) in [6, 6.07) is 0. The number of hydrogen-bond acceptors (Lipinski definition) is 13. The number of carbonyl (C=O) groups is 1. The Morgan fingerprint density at radius 3 is 0.977 bits per heavy atom. The molecule has 0 bridgehead atoms. The molecular weight excluding hydrogens is 580 g/mol. The first-order chi connectivity index (χ1) is 21.8. The molecule has 0 radical (unpaired) electrons. The molecule has 0 rings (SSSR count). The summed E-state index contributed by atoms with van der Waals surface area (Å²) >= 11 is 0. The molecule has 0 fully saturated rings. The third-order valence-corrected chi connectivity index (χ3v) is 5.81. The Hall–Kier alpha value is -0.970. The van der Waals surface area contributed by atoms with Crippen LogP contribution in [0.1, 0.15) is 51.9 Å². The molecule has 13 heteroatoms. The Morgan fingerprint density at radius 1 is 0.386 bits per heavy atom. The monoisotopic (exact) mass is 642 g/mol. The van der Waals surface area contributed by atoms with Crippen molar-refractivity contribution in [1.82, 2.24) is 0 Å². The van der Waals surface area contributed by atoms with Gasteiger partial charge >= 0.3 is 5.97 Å². The van der Waals surface area contributed by atoms with Crippen LogP contribution in [-0.4, -0.2) is 156 Å². The van der Waals surface area contributed by atoms with Crippen molar-refractivity contribution in [3.05, 3.63) is 0 Å². The first-order valence-corrected chi connectivity index (χ1v) is 16.3. The van der Waals surface area contributed by atoms with E-state index in [9.17, 15) is 4.79 Å². The molecule has 0 atom stereocenters. The maximum absolute atomic E-state index is 11.6. The highest BCUT2D eigenvalue weighted by atomic mass is 16.6. The standard InChI is InChI=1S/C31H62O13/c1-2-3-4-5-6-7-8-31(33)44-30-29-43-28-27-42-26-25-41-24-23-40-22-21-39-20-19-38-18-17-37-16-15-36-14-13-35-12-11-34-10-9-32/h32H,2-30H2,1H3. The number of aliphatic hydroxyl groups excluding tert-OH is 1. The zero-order valence-electron chi connectivity index (χ0n) is 27.4. The summed E-state index contributed by atoms with van der Waals surface area (Å²) in [5.74, 6) is -0.145. The second-order valence-corrected chi connectivity index (χ2v) is 9.59. The highest BCUT2D eigenvalue weighted by molar-refractivity contribution is 5.69. The van der Waals surface area contributed by atoms with Gasteiger partial charge in [0, 0.05) is 6.42 Å².